The molecule has 1 aliphatic heterocycles. The zero-order valence-corrected chi connectivity index (χ0v) is 25.4. The number of aryl methyl sites for hydroxylation is 2. The number of hydrogen-bond acceptors (Lipinski definition) is 8. The summed E-state index contributed by atoms with van der Waals surface area (Å²) in [6.07, 6.45) is 1.36. The lowest BCUT2D eigenvalue weighted by atomic mass is 10.1. The van der Waals surface area contributed by atoms with E-state index >= 15 is 0 Å². The standard InChI is InChI=1S/C28H30N6O7S2/c1-4-40-27(37)18-7-9-19(10-8-18)29-24(35)15-22-26(36)34(20-11-12-20)28(42)33(22)16-23-25(41-31-32(23)3)30-43(38,39)21-13-5-17(2)6-14-21/h5-10,13-14,20,22H,4,11-12,15-16H2,1-3H3,(H,29,35)/b30-25-. The predicted octanol–water partition coefficient (Wildman–Crippen LogP) is 1.32. The van der Waals surface area contributed by atoms with Crippen molar-refractivity contribution in [1.82, 2.24) is 15.1 Å². The largest absolute Gasteiger partial charge is 0.486 e. The molecule has 3 aromatic rings. The summed E-state index contributed by atoms with van der Waals surface area (Å²) in [5.41, 5.74) is 1.66. The van der Waals surface area contributed by atoms with Gasteiger partial charge in [-0.05, 0) is 75.3 Å². The van der Waals surface area contributed by atoms with E-state index in [9.17, 15) is 22.8 Å². The number of nitrogens with one attached hydrogen (secondary N) is 1. The molecule has 1 unspecified atom stereocenters. The number of nitrogens with zero attached hydrogens (tertiary/aromatic N) is 5. The summed E-state index contributed by atoms with van der Waals surface area (Å²) in [4.78, 5) is 41.6. The zero-order chi connectivity index (χ0) is 30.9. The molecule has 0 spiro atoms. The Hall–Kier alpha value is -4.37. The van der Waals surface area contributed by atoms with Crippen LogP contribution in [0.5, 0.6) is 0 Å². The topological polar surface area (TPSA) is 157 Å². The molecule has 1 N–H and O–H groups in total. The van der Waals surface area contributed by atoms with Gasteiger partial charge in [0.25, 0.3) is 27.2 Å². The van der Waals surface area contributed by atoms with E-state index in [0.29, 0.717) is 11.3 Å². The van der Waals surface area contributed by atoms with Crippen molar-refractivity contribution in [3.63, 3.8) is 0 Å². The quantitative estimate of drug-likeness (QED) is 0.198. The van der Waals surface area contributed by atoms with E-state index in [2.05, 4.69) is 15.0 Å². The van der Waals surface area contributed by atoms with Gasteiger partial charge in [-0.2, -0.15) is 8.42 Å². The molecule has 2 aliphatic rings. The maximum Gasteiger partial charge on any atom is 0.338 e. The molecule has 2 aromatic carbocycles. The third-order valence-electron chi connectivity index (χ3n) is 7.05. The van der Waals surface area contributed by atoms with Crippen molar-refractivity contribution in [2.24, 2.45) is 11.4 Å². The van der Waals surface area contributed by atoms with Crippen LogP contribution >= 0.6 is 12.2 Å². The number of ether oxygens (including phenoxy) is 1. The Kier molecular flexibility index (Phi) is 8.46. The molecule has 0 bridgehead atoms. The van der Waals surface area contributed by atoms with Crippen LogP contribution in [0.3, 0.4) is 0 Å². The van der Waals surface area contributed by atoms with Crippen LogP contribution in [0.25, 0.3) is 0 Å². The van der Waals surface area contributed by atoms with E-state index < -0.39 is 27.9 Å². The fourth-order valence-corrected chi connectivity index (χ4v) is 5.98. The van der Waals surface area contributed by atoms with Gasteiger partial charge in [0.15, 0.2) is 5.11 Å². The van der Waals surface area contributed by atoms with Gasteiger partial charge >= 0.3 is 5.97 Å². The SMILES string of the molecule is CCOC(=O)c1ccc(NC(=O)CC2C(=O)N(C3CC3)C(=S)N2Cc2/c(=N/S(=O)(=O)c3ccc(C)cc3)o[n-][n+]2C)cc1. The highest BCUT2D eigenvalue weighted by Gasteiger charge is 2.49. The first-order chi connectivity index (χ1) is 20.5. The maximum atomic E-state index is 13.5. The molecular weight excluding hydrogens is 596 g/mol. The molecule has 1 saturated heterocycles. The van der Waals surface area contributed by atoms with Gasteiger partial charge in [-0.25, -0.2) is 9.48 Å². The highest BCUT2D eigenvalue weighted by Crippen LogP contribution is 2.34. The first-order valence-corrected chi connectivity index (χ1v) is 15.4. The average Bonchev–Trinajstić information content (AvgIpc) is 3.70. The molecule has 226 valence electrons. The van der Waals surface area contributed by atoms with Gasteiger partial charge in [0, 0.05) is 11.7 Å². The minimum absolute atomic E-state index is 0.0141. The molecule has 43 heavy (non-hydrogen) atoms. The third-order valence-corrected chi connectivity index (χ3v) is 8.76. The summed E-state index contributed by atoms with van der Waals surface area (Å²) in [7, 11) is -2.58. The lowest BCUT2D eigenvalue weighted by molar-refractivity contribution is -0.752. The summed E-state index contributed by atoms with van der Waals surface area (Å²) in [6, 6.07) is 11.4. The summed E-state index contributed by atoms with van der Waals surface area (Å²) in [5, 5.41) is 6.82. The molecule has 1 aliphatic carbocycles. The van der Waals surface area contributed by atoms with Crippen molar-refractivity contribution in [2.45, 2.75) is 56.6 Å². The van der Waals surface area contributed by atoms with Crippen molar-refractivity contribution in [2.75, 3.05) is 11.9 Å². The van der Waals surface area contributed by atoms with Crippen molar-refractivity contribution >= 4 is 50.8 Å². The monoisotopic (exact) mass is 626 g/mol. The van der Waals surface area contributed by atoms with Gasteiger partial charge in [-0.3, -0.25) is 19.8 Å². The Balaban J connectivity index is 1.38. The Morgan fingerprint density at radius 3 is 2.47 bits per heavy atom. The smallest absolute Gasteiger partial charge is 0.338 e. The summed E-state index contributed by atoms with van der Waals surface area (Å²) in [5.74, 6) is -1.24. The van der Waals surface area contributed by atoms with Crippen LogP contribution in [-0.2, 0) is 37.9 Å². The van der Waals surface area contributed by atoms with Gasteiger partial charge in [0.2, 0.25) is 5.91 Å². The summed E-state index contributed by atoms with van der Waals surface area (Å²) < 4.78 is 41.5. The number of sulfonamides is 1. The van der Waals surface area contributed by atoms with E-state index in [-0.39, 0.29) is 52.8 Å². The van der Waals surface area contributed by atoms with Crippen molar-refractivity contribution < 1.29 is 36.7 Å². The van der Waals surface area contributed by atoms with E-state index in [1.807, 2.05) is 6.92 Å². The lowest BCUT2D eigenvalue weighted by Gasteiger charge is -2.22. The fraction of sp³-hybridized carbons (Fsp3) is 0.357. The number of benzene rings is 2. The van der Waals surface area contributed by atoms with Gasteiger partial charge in [-0.15, -0.1) is 4.40 Å². The number of carbonyl (C=O) groups is 3. The van der Waals surface area contributed by atoms with Crippen LogP contribution in [0.15, 0.2) is 62.3 Å². The zero-order valence-electron chi connectivity index (χ0n) is 23.7. The first-order valence-electron chi connectivity index (χ1n) is 13.6. The number of amides is 2. The molecule has 0 radical (unpaired) electrons. The van der Waals surface area contributed by atoms with Crippen LogP contribution in [0, 0.1) is 6.92 Å². The molecule has 2 amide bonds. The fourth-order valence-electron chi connectivity index (χ4n) is 4.61. The van der Waals surface area contributed by atoms with Crippen LogP contribution in [-0.4, -0.2) is 59.8 Å². The van der Waals surface area contributed by atoms with Gasteiger partial charge in [0.1, 0.15) is 19.6 Å². The number of carbonyl (C=O) groups excluding carboxylic acids is 3. The minimum atomic E-state index is -4.13. The average molecular weight is 627 g/mol. The number of rotatable bonds is 10. The molecule has 2 fully saturated rings. The second-order valence-corrected chi connectivity index (χ2v) is 12.2. The van der Waals surface area contributed by atoms with E-state index in [1.165, 1.54) is 33.8 Å². The predicted molar refractivity (Wildman–Crippen MR) is 155 cm³/mol. The van der Waals surface area contributed by atoms with Crippen LogP contribution < -0.4 is 20.8 Å². The normalized spacial score (nSPS) is 17.5. The van der Waals surface area contributed by atoms with E-state index in [4.69, 9.17) is 21.5 Å². The van der Waals surface area contributed by atoms with Gasteiger partial charge < -0.3 is 19.5 Å². The number of anilines is 1. The molecule has 1 aromatic heterocycles. The van der Waals surface area contributed by atoms with Crippen molar-refractivity contribution in [3.8, 4) is 0 Å². The Bertz CT molecular complexity index is 1740. The van der Waals surface area contributed by atoms with Crippen LogP contribution in [0.1, 0.15) is 47.8 Å². The minimum Gasteiger partial charge on any atom is -0.486 e. The second kappa shape index (κ2) is 12.1. The Labute approximate surface area is 253 Å². The van der Waals surface area contributed by atoms with E-state index in [1.54, 1.807) is 43.1 Å². The van der Waals surface area contributed by atoms with E-state index in [0.717, 1.165) is 18.4 Å². The summed E-state index contributed by atoms with van der Waals surface area (Å²) >= 11 is 5.68. The Morgan fingerprint density at radius 1 is 1.16 bits per heavy atom. The molecule has 13 nitrogen and oxygen atoms in total. The van der Waals surface area contributed by atoms with Crippen molar-refractivity contribution in [1.29, 1.82) is 0 Å². The third kappa shape index (κ3) is 6.51. The lowest BCUT2D eigenvalue weighted by Crippen LogP contribution is -2.45. The first kappa shape index (κ1) is 30.1. The number of hydrogen-bond donors (Lipinski definition) is 1. The van der Waals surface area contributed by atoms with Crippen LogP contribution in [0.2, 0.25) is 0 Å². The highest BCUT2D eigenvalue weighted by atomic mass is 32.2. The van der Waals surface area contributed by atoms with Gasteiger partial charge in [0.05, 0.1) is 23.5 Å². The molecule has 15 heteroatoms. The maximum absolute atomic E-state index is 13.5. The van der Waals surface area contributed by atoms with Crippen molar-refractivity contribution in [3.05, 3.63) is 70.9 Å². The molecule has 5 rings (SSSR count). The molecular formula is C28H30N6O7S2. The number of esters is 1. The second-order valence-electron chi connectivity index (χ2n) is 10.2. The number of aromatic nitrogens is 2. The molecule has 1 atom stereocenters. The number of thiocarbonyl (C=S) groups is 1. The highest BCUT2D eigenvalue weighted by molar-refractivity contribution is 7.90. The molecule has 1 saturated carbocycles. The Morgan fingerprint density at radius 2 is 1.84 bits per heavy atom. The van der Waals surface area contributed by atoms with Gasteiger partial charge in [-0.1, -0.05) is 17.7 Å². The summed E-state index contributed by atoms with van der Waals surface area (Å²) in [6.45, 7) is 3.71. The molecule has 2 heterocycles. The van der Waals surface area contributed by atoms with Crippen LogP contribution in [0.4, 0.5) is 5.69 Å².